The molecule has 2 heterocycles. The minimum Gasteiger partial charge on any atom is -0.408 e. The molecule has 122 valence electrons. The number of amides is 2. The van der Waals surface area contributed by atoms with Gasteiger partial charge in [-0.2, -0.15) is 0 Å². The molecule has 0 radical (unpaired) electrons. The van der Waals surface area contributed by atoms with Crippen LogP contribution in [0.3, 0.4) is 0 Å². The Bertz CT molecular complexity index is 704. The lowest BCUT2D eigenvalue weighted by atomic mass is 10.1. The normalized spacial score (nSPS) is 14.9. The smallest absolute Gasteiger partial charge is 0.321 e. The zero-order valence-corrected chi connectivity index (χ0v) is 13.7. The van der Waals surface area contributed by atoms with Crippen molar-refractivity contribution in [2.75, 3.05) is 36.4 Å². The van der Waals surface area contributed by atoms with Gasteiger partial charge in [-0.05, 0) is 31.0 Å². The molecule has 1 aliphatic rings. The number of carbonyl (C=O) groups is 1. The number of anilines is 2. The Kier molecular flexibility index (Phi) is 4.18. The van der Waals surface area contributed by atoms with Crippen LogP contribution in [0.5, 0.6) is 0 Å². The number of urea groups is 1. The van der Waals surface area contributed by atoms with E-state index in [1.165, 1.54) is 0 Å². The van der Waals surface area contributed by atoms with Crippen LogP contribution >= 0.6 is 0 Å². The van der Waals surface area contributed by atoms with Gasteiger partial charge in [0.1, 0.15) is 0 Å². The van der Waals surface area contributed by atoms with Gasteiger partial charge in [0.15, 0.2) is 0 Å². The van der Waals surface area contributed by atoms with Crippen molar-refractivity contribution in [3.05, 3.63) is 35.2 Å². The van der Waals surface area contributed by atoms with Gasteiger partial charge < -0.3 is 19.5 Å². The summed E-state index contributed by atoms with van der Waals surface area (Å²) in [7, 11) is 0. The predicted molar refractivity (Wildman–Crippen MR) is 87.8 cm³/mol. The molecule has 0 spiro atoms. The highest BCUT2D eigenvalue weighted by molar-refractivity contribution is 5.90. The monoisotopic (exact) mass is 315 g/mol. The molecule has 0 saturated carbocycles. The summed E-state index contributed by atoms with van der Waals surface area (Å²) in [4.78, 5) is 16.2. The lowest BCUT2D eigenvalue weighted by Crippen LogP contribution is -2.50. The summed E-state index contributed by atoms with van der Waals surface area (Å²) in [6.07, 6.45) is 0. The molecule has 23 heavy (non-hydrogen) atoms. The van der Waals surface area contributed by atoms with Crippen LogP contribution in [-0.2, 0) is 0 Å². The molecule has 0 bridgehead atoms. The summed E-state index contributed by atoms with van der Waals surface area (Å²) in [5.74, 6) is 0.551. The average molecular weight is 315 g/mol. The number of nitrogens with zero attached hydrogens (tertiary/aromatic N) is 4. The highest BCUT2D eigenvalue weighted by atomic mass is 16.4. The topological polar surface area (TPSA) is 74.5 Å². The first-order chi connectivity index (χ1) is 11.0. The van der Waals surface area contributed by atoms with E-state index >= 15 is 0 Å². The average Bonchev–Trinajstić information content (AvgIpc) is 2.97. The second-order valence-electron chi connectivity index (χ2n) is 5.83. The Labute approximate surface area is 135 Å². The van der Waals surface area contributed by atoms with Gasteiger partial charge in [-0.3, -0.25) is 0 Å². The van der Waals surface area contributed by atoms with Crippen molar-refractivity contribution in [1.29, 1.82) is 0 Å². The first-order valence-electron chi connectivity index (χ1n) is 7.71. The minimum atomic E-state index is -0.0694. The number of rotatable bonds is 2. The van der Waals surface area contributed by atoms with Crippen LogP contribution in [0.1, 0.15) is 17.0 Å². The van der Waals surface area contributed by atoms with E-state index in [9.17, 15) is 4.79 Å². The van der Waals surface area contributed by atoms with Crippen molar-refractivity contribution in [3.8, 4) is 0 Å². The van der Waals surface area contributed by atoms with Gasteiger partial charge in [-0.25, -0.2) is 4.79 Å². The van der Waals surface area contributed by atoms with Crippen molar-refractivity contribution in [2.45, 2.75) is 20.8 Å². The van der Waals surface area contributed by atoms with Gasteiger partial charge in [0, 0.05) is 38.8 Å². The van der Waals surface area contributed by atoms with Gasteiger partial charge in [-0.1, -0.05) is 17.2 Å². The number of benzene rings is 1. The third kappa shape index (κ3) is 3.44. The summed E-state index contributed by atoms with van der Waals surface area (Å²) >= 11 is 0. The van der Waals surface area contributed by atoms with Crippen LogP contribution in [0.4, 0.5) is 16.5 Å². The van der Waals surface area contributed by atoms with Gasteiger partial charge in [0.05, 0.1) is 0 Å². The molecule has 1 saturated heterocycles. The molecule has 1 aliphatic heterocycles. The summed E-state index contributed by atoms with van der Waals surface area (Å²) in [5.41, 5.74) is 3.05. The molecule has 0 atom stereocenters. The van der Waals surface area contributed by atoms with Gasteiger partial charge in [-0.15, -0.1) is 5.10 Å². The molecule has 3 rings (SSSR count). The molecule has 0 unspecified atom stereocenters. The second kappa shape index (κ2) is 6.28. The molecule has 0 aliphatic carbocycles. The number of piperazine rings is 1. The number of hydrogen-bond donors (Lipinski definition) is 1. The van der Waals surface area contributed by atoms with Crippen LogP contribution in [-0.4, -0.2) is 47.3 Å². The lowest BCUT2D eigenvalue weighted by Gasteiger charge is -2.33. The number of nitrogens with one attached hydrogen (secondary N) is 1. The highest BCUT2D eigenvalue weighted by Gasteiger charge is 2.24. The zero-order valence-electron chi connectivity index (χ0n) is 13.7. The Balaban J connectivity index is 1.59. The Morgan fingerprint density at radius 2 is 1.87 bits per heavy atom. The third-order valence-electron chi connectivity index (χ3n) is 3.99. The van der Waals surface area contributed by atoms with E-state index in [1.54, 1.807) is 6.92 Å². The maximum atomic E-state index is 12.4. The van der Waals surface area contributed by atoms with Crippen molar-refractivity contribution < 1.29 is 9.21 Å². The van der Waals surface area contributed by atoms with Crippen LogP contribution in [0.25, 0.3) is 0 Å². The fraction of sp³-hybridized carbons (Fsp3) is 0.438. The van der Waals surface area contributed by atoms with Crippen molar-refractivity contribution >= 4 is 17.7 Å². The fourth-order valence-corrected chi connectivity index (χ4v) is 2.58. The van der Waals surface area contributed by atoms with E-state index in [1.807, 2.05) is 41.8 Å². The van der Waals surface area contributed by atoms with Gasteiger partial charge >= 0.3 is 12.0 Å². The number of hydrogen-bond acceptors (Lipinski definition) is 5. The first-order valence-corrected chi connectivity index (χ1v) is 7.71. The van der Waals surface area contributed by atoms with Crippen LogP contribution in [0.2, 0.25) is 0 Å². The summed E-state index contributed by atoms with van der Waals surface area (Å²) in [5, 5.41) is 10.9. The molecule has 7 heteroatoms. The summed E-state index contributed by atoms with van der Waals surface area (Å²) in [6.45, 7) is 8.38. The third-order valence-corrected chi connectivity index (χ3v) is 3.99. The molecule has 2 aromatic rings. The quantitative estimate of drug-likeness (QED) is 0.921. The largest absolute Gasteiger partial charge is 0.408 e. The van der Waals surface area contributed by atoms with E-state index in [0.717, 1.165) is 16.8 Å². The molecule has 1 fully saturated rings. The number of carbonyl (C=O) groups excluding carboxylic acids is 1. The highest BCUT2D eigenvalue weighted by Crippen LogP contribution is 2.18. The van der Waals surface area contributed by atoms with Crippen molar-refractivity contribution in [2.24, 2.45) is 0 Å². The Morgan fingerprint density at radius 1 is 1.13 bits per heavy atom. The van der Waals surface area contributed by atoms with E-state index in [0.29, 0.717) is 38.1 Å². The zero-order chi connectivity index (χ0) is 16.4. The van der Waals surface area contributed by atoms with Crippen LogP contribution in [0, 0.1) is 20.8 Å². The molecule has 2 amide bonds. The van der Waals surface area contributed by atoms with E-state index in [-0.39, 0.29) is 6.03 Å². The summed E-state index contributed by atoms with van der Waals surface area (Å²) < 4.78 is 5.43. The molecule has 1 aromatic heterocycles. The number of aryl methyl sites for hydroxylation is 3. The Hall–Kier alpha value is -2.57. The van der Waals surface area contributed by atoms with Crippen molar-refractivity contribution in [3.63, 3.8) is 0 Å². The molecule has 7 nitrogen and oxygen atoms in total. The van der Waals surface area contributed by atoms with E-state index in [4.69, 9.17) is 4.42 Å². The van der Waals surface area contributed by atoms with E-state index < -0.39 is 0 Å². The van der Waals surface area contributed by atoms with E-state index in [2.05, 4.69) is 15.5 Å². The van der Waals surface area contributed by atoms with Crippen molar-refractivity contribution in [1.82, 2.24) is 15.1 Å². The molecule has 1 aromatic carbocycles. The predicted octanol–water partition coefficient (Wildman–Crippen LogP) is 2.35. The van der Waals surface area contributed by atoms with Crippen LogP contribution < -0.4 is 10.2 Å². The fourth-order valence-electron chi connectivity index (χ4n) is 2.58. The standard InChI is InChI=1S/C16H21N5O2/c1-11-4-5-12(2)14(10-11)17-15(22)20-6-8-21(9-7-20)16-19-18-13(3)23-16/h4-5,10H,6-9H2,1-3H3,(H,17,22). The van der Waals surface area contributed by atoms with Gasteiger partial charge in [0.25, 0.3) is 0 Å². The molecular weight excluding hydrogens is 294 g/mol. The number of aromatic nitrogens is 2. The lowest BCUT2D eigenvalue weighted by molar-refractivity contribution is 0.207. The maximum Gasteiger partial charge on any atom is 0.321 e. The summed E-state index contributed by atoms with van der Waals surface area (Å²) in [6, 6.07) is 6.50. The second-order valence-corrected chi connectivity index (χ2v) is 5.83. The SMILES string of the molecule is Cc1ccc(C)c(NC(=O)N2CCN(c3nnc(C)o3)CC2)c1. The minimum absolute atomic E-state index is 0.0694. The first kappa shape index (κ1) is 15.3. The maximum absolute atomic E-state index is 12.4. The van der Waals surface area contributed by atoms with Crippen LogP contribution in [0.15, 0.2) is 22.6 Å². The van der Waals surface area contributed by atoms with Gasteiger partial charge in [0.2, 0.25) is 5.89 Å². The molecule has 1 N–H and O–H groups in total. The molecular formula is C16H21N5O2. The Morgan fingerprint density at radius 3 is 2.52 bits per heavy atom.